The molecule has 7 heteroatoms. The van der Waals surface area contributed by atoms with Gasteiger partial charge in [-0.05, 0) is 36.4 Å². The van der Waals surface area contributed by atoms with Crippen LogP contribution < -0.4 is 16.0 Å². The van der Waals surface area contributed by atoms with Crippen LogP contribution in [-0.4, -0.2) is 54.4 Å². The van der Waals surface area contributed by atoms with E-state index in [2.05, 4.69) is 20.1 Å². The molecular weight excluding hydrogens is 318 g/mol. The maximum atomic E-state index is 12.2. The molecule has 2 heterocycles. The van der Waals surface area contributed by atoms with Gasteiger partial charge >= 0.3 is 0 Å². The highest BCUT2D eigenvalue weighted by Crippen LogP contribution is 2.13. The Balaban J connectivity index is 1.47. The largest absolute Gasteiger partial charge is 0.366 e. The maximum Gasteiger partial charge on any atom is 0.248 e. The number of anilines is 2. The molecule has 0 atom stereocenters. The van der Waals surface area contributed by atoms with Gasteiger partial charge in [-0.1, -0.05) is 6.07 Å². The van der Waals surface area contributed by atoms with Gasteiger partial charge in [0.15, 0.2) is 0 Å². The molecule has 1 aromatic heterocycles. The standard InChI is InChI=1S/C18H21N5O2/c19-18(25)14-4-6-15(7-5-14)21-17(24)13-22-9-11-23(12-10-22)16-3-1-2-8-20-16/h1-8H,9-13H2,(H2,19,25)(H,21,24). The molecule has 0 unspecified atom stereocenters. The lowest BCUT2D eigenvalue weighted by molar-refractivity contribution is -0.117. The van der Waals surface area contributed by atoms with Gasteiger partial charge in [0, 0.05) is 43.6 Å². The number of amides is 2. The van der Waals surface area contributed by atoms with Crippen LogP contribution in [0.4, 0.5) is 11.5 Å². The number of nitrogens with one attached hydrogen (secondary N) is 1. The van der Waals surface area contributed by atoms with Crippen molar-refractivity contribution in [1.82, 2.24) is 9.88 Å². The number of piperazine rings is 1. The third kappa shape index (κ3) is 4.54. The number of hydrogen-bond acceptors (Lipinski definition) is 5. The second-order valence-corrected chi connectivity index (χ2v) is 5.94. The molecule has 1 saturated heterocycles. The van der Waals surface area contributed by atoms with Gasteiger partial charge in [-0.2, -0.15) is 0 Å². The highest BCUT2D eigenvalue weighted by molar-refractivity contribution is 5.95. The number of carbonyl (C=O) groups excluding carboxylic acids is 2. The van der Waals surface area contributed by atoms with Crippen LogP contribution in [0.2, 0.25) is 0 Å². The zero-order valence-electron chi connectivity index (χ0n) is 13.9. The first-order chi connectivity index (χ1) is 12.1. The van der Waals surface area contributed by atoms with E-state index in [9.17, 15) is 9.59 Å². The quantitative estimate of drug-likeness (QED) is 0.846. The van der Waals surface area contributed by atoms with Crippen molar-refractivity contribution in [3.8, 4) is 0 Å². The summed E-state index contributed by atoms with van der Waals surface area (Å²) >= 11 is 0. The van der Waals surface area contributed by atoms with Gasteiger partial charge in [0.1, 0.15) is 5.82 Å². The predicted molar refractivity (Wildman–Crippen MR) is 96.5 cm³/mol. The molecule has 1 aliphatic rings. The molecular formula is C18H21N5O2. The molecule has 1 aliphatic heterocycles. The molecule has 3 rings (SSSR count). The predicted octanol–water partition coefficient (Wildman–Crippen LogP) is 0.941. The number of hydrogen-bond donors (Lipinski definition) is 2. The van der Waals surface area contributed by atoms with Crippen molar-refractivity contribution in [2.24, 2.45) is 5.73 Å². The summed E-state index contributed by atoms with van der Waals surface area (Å²) in [6.45, 7) is 3.65. The lowest BCUT2D eigenvalue weighted by Gasteiger charge is -2.34. The van der Waals surface area contributed by atoms with Gasteiger partial charge in [-0.3, -0.25) is 14.5 Å². The molecule has 130 valence electrons. The lowest BCUT2D eigenvalue weighted by atomic mass is 10.2. The van der Waals surface area contributed by atoms with Crippen LogP contribution in [0.5, 0.6) is 0 Å². The van der Waals surface area contributed by atoms with Crippen LogP contribution in [0.15, 0.2) is 48.7 Å². The highest BCUT2D eigenvalue weighted by Gasteiger charge is 2.19. The van der Waals surface area contributed by atoms with Crippen LogP contribution in [0.1, 0.15) is 10.4 Å². The Bertz CT molecular complexity index is 725. The van der Waals surface area contributed by atoms with Crippen LogP contribution in [-0.2, 0) is 4.79 Å². The fraction of sp³-hybridized carbons (Fsp3) is 0.278. The molecule has 1 fully saturated rings. The van der Waals surface area contributed by atoms with Crippen LogP contribution in [0.3, 0.4) is 0 Å². The van der Waals surface area contributed by atoms with Crippen molar-refractivity contribution in [2.75, 3.05) is 42.9 Å². The van der Waals surface area contributed by atoms with Crippen molar-refractivity contribution < 1.29 is 9.59 Å². The van der Waals surface area contributed by atoms with Crippen molar-refractivity contribution in [3.63, 3.8) is 0 Å². The van der Waals surface area contributed by atoms with E-state index in [0.717, 1.165) is 32.0 Å². The van der Waals surface area contributed by atoms with E-state index >= 15 is 0 Å². The molecule has 0 bridgehead atoms. The Morgan fingerprint density at radius 2 is 1.76 bits per heavy atom. The molecule has 3 N–H and O–H groups in total. The second-order valence-electron chi connectivity index (χ2n) is 5.94. The summed E-state index contributed by atoms with van der Waals surface area (Å²) in [5.74, 6) is 0.419. The summed E-state index contributed by atoms with van der Waals surface area (Å²) < 4.78 is 0. The van der Waals surface area contributed by atoms with Gasteiger partial charge in [0.05, 0.1) is 6.54 Å². The van der Waals surface area contributed by atoms with E-state index in [-0.39, 0.29) is 5.91 Å². The SMILES string of the molecule is NC(=O)c1ccc(NC(=O)CN2CCN(c3ccccn3)CC2)cc1. The summed E-state index contributed by atoms with van der Waals surface area (Å²) in [4.78, 5) is 31.9. The Morgan fingerprint density at radius 1 is 1.04 bits per heavy atom. The van der Waals surface area contributed by atoms with E-state index in [4.69, 9.17) is 5.73 Å². The van der Waals surface area contributed by atoms with Gasteiger partial charge in [-0.15, -0.1) is 0 Å². The Morgan fingerprint density at radius 3 is 2.36 bits per heavy atom. The molecule has 1 aromatic carbocycles. The monoisotopic (exact) mass is 339 g/mol. The zero-order chi connectivity index (χ0) is 17.6. The average Bonchev–Trinajstić information content (AvgIpc) is 2.63. The lowest BCUT2D eigenvalue weighted by Crippen LogP contribution is -2.48. The number of aromatic nitrogens is 1. The zero-order valence-corrected chi connectivity index (χ0v) is 13.9. The normalized spacial score (nSPS) is 15.0. The molecule has 0 spiro atoms. The minimum absolute atomic E-state index is 0.0712. The Labute approximate surface area is 146 Å². The summed E-state index contributed by atoms with van der Waals surface area (Å²) in [6.07, 6.45) is 1.79. The Hall–Kier alpha value is -2.93. The topological polar surface area (TPSA) is 91.6 Å². The van der Waals surface area contributed by atoms with Crippen molar-refractivity contribution >= 4 is 23.3 Å². The fourth-order valence-electron chi connectivity index (χ4n) is 2.80. The van der Waals surface area contributed by atoms with E-state index in [1.54, 1.807) is 30.5 Å². The summed E-state index contributed by atoms with van der Waals surface area (Å²) in [7, 11) is 0. The van der Waals surface area contributed by atoms with Gasteiger partial charge in [0.25, 0.3) is 0 Å². The molecule has 2 amide bonds. The number of pyridine rings is 1. The minimum atomic E-state index is -0.483. The van der Waals surface area contributed by atoms with Gasteiger partial charge in [-0.25, -0.2) is 4.98 Å². The number of primary amides is 1. The number of rotatable bonds is 5. The summed E-state index contributed by atoms with van der Waals surface area (Å²) in [5.41, 5.74) is 6.28. The minimum Gasteiger partial charge on any atom is -0.366 e. The second kappa shape index (κ2) is 7.76. The summed E-state index contributed by atoms with van der Waals surface area (Å²) in [5, 5.41) is 2.84. The molecule has 0 saturated carbocycles. The van der Waals surface area contributed by atoms with E-state index in [1.807, 2.05) is 18.2 Å². The Kier molecular flexibility index (Phi) is 5.25. The van der Waals surface area contributed by atoms with Gasteiger partial charge in [0.2, 0.25) is 11.8 Å². The number of benzene rings is 1. The average molecular weight is 339 g/mol. The van der Waals surface area contributed by atoms with Gasteiger partial charge < -0.3 is 16.0 Å². The van der Waals surface area contributed by atoms with Crippen molar-refractivity contribution in [2.45, 2.75) is 0 Å². The third-order valence-corrected chi connectivity index (χ3v) is 4.17. The smallest absolute Gasteiger partial charge is 0.248 e. The fourth-order valence-corrected chi connectivity index (χ4v) is 2.80. The molecule has 25 heavy (non-hydrogen) atoms. The third-order valence-electron chi connectivity index (χ3n) is 4.17. The van der Waals surface area contributed by atoms with Crippen LogP contribution in [0.25, 0.3) is 0 Å². The number of nitrogens with zero attached hydrogens (tertiary/aromatic N) is 3. The van der Waals surface area contributed by atoms with E-state index in [0.29, 0.717) is 17.8 Å². The first-order valence-corrected chi connectivity index (χ1v) is 8.20. The highest BCUT2D eigenvalue weighted by atomic mass is 16.2. The first-order valence-electron chi connectivity index (χ1n) is 8.20. The van der Waals surface area contributed by atoms with E-state index < -0.39 is 5.91 Å². The first kappa shape index (κ1) is 16.9. The maximum absolute atomic E-state index is 12.2. The molecule has 0 radical (unpaired) electrons. The number of carbonyl (C=O) groups is 2. The van der Waals surface area contributed by atoms with Crippen molar-refractivity contribution in [1.29, 1.82) is 0 Å². The molecule has 2 aromatic rings. The van der Waals surface area contributed by atoms with Crippen LogP contribution >= 0.6 is 0 Å². The van der Waals surface area contributed by atoms with Crippen molar-refractivity contribution in [3.05, 3.63) is 54.2 Å². The van der Waals surface area contributed by atoms with Crippen LogP contribution in [0, 0.1) is 0 Å². The molecule has 7 nitrogen and oxygen atoms in total. The van der Waals surface area contributed by atoms with E-state index in [1.165, 1.54) is 0 Å². The number of nitrogens with two attached hydrogens (primary N) is 1. The summed E-state index contributed by atoms with van der Waals surface area (Å²) in [6, 6.07) is 12.4. The molecule has 0 aliphatic carbocycles.